The Morgan fingerprint density at radius 2 is 1.79 bits per heavy atom. The van der Waals surface area contributed by atoms with Gasteiger partial charge < -0.3 is 10.6 Å². The van der Waals surface area contributed by atoms with Gasteiger partial charge >= 0.3 is 0 Å². The van der Waals surface area contributed by atoms with E-state index in [2.05, 4.69) is 17.0 Å². The minimum atomic E-state index is -0.272. The molecule has 100 valence electrons. The molecule has 0 saturated heterocycles. The summed E-state index contributed by atoms with van der Waals surface area (Å²) in [5.74, 6) is -0.272. The van der Waals surface area contributed by atoms with Crippen molar-refractivity contribution >= 4 is 5.69 Å². The molecule has 0 aliphatic carbocycles. The van der Waals surface area contributed by atoms with E-state index in [9.17, 15) is 4.39 Å². The lowest BCUT2D eigenvalue weighted by Crippen LogP contribution is -2.20. The Kier molecular flexibility index (Phi) is 4.53. The molecule has 3 heteroatoms. The molecule has 2 N–H and O–H groups in total. The smallest absolute Gasteiger partial charge is 0.125 e. The van der Waals surface area contributed by atoms with E-state index in [1.807, 2.05) is 31.3 Å². The standard InChI is InChI=1S/C16H19FN2/c1-19(8-7-13-5-3-2-4-6-13)12-14-9-15(17)11-16(18)10-14/h2-6,9-11H,7-8,12,18H2,1H3. The molecule has 0 fully saturated rings. The van der Waals surface area contributed by atoms with Gasteiger partial charge in [-0.25, -0.2) is 4.39 Å². The van der Waals surface area contributed by atoms with Crippen LogP contribution in [0.4, 0.5) is 10.1 Å². The summed E-state index contributed by atoms with van der Waals surface area (Å²) in [7, 11) is 2.03. The van der Waals surface area contributed by atoms with Crippen molar-refractivity contribution < 1.29 is 4.39 Å². The first kappa shape index (κ1) is 13.6. The third-order valence-corrected chi connectivity index (χ3v) is 3.06. The quantitative estimate of drug-likeness (QED) is 0.835. The number of nitrogens with two attached hydrogens (primary N) is 1. The molecule has 2 aromatic rings. The van der Waals surface area contributed by atoms with Crippen LogP contribution < -0.4 is 5.73 Å². The predicted octanol–water partition coefficient (Wildman–Crippen LogP) is 3.08. The summed E-state index contributed by atoms with van der Waals surface area (Å²) in [5.41, 5.74) is 8.34. The number of hydrogen-bond donors (Lipinski definition) is 1. The highest BCUT2D eigenvalue weighted by molar-refractivity contribution is 5.41. The van der Waals surface area contributed by atoms with Crippen molar-refractivity contribution in [1.82, 2.24) is 4.90 Å². The number of benzene rings is 2. The fraction of sp³-hybridized carbons (Fsp3) is 0.250. The van der Waals surface area contributed by atoms with Crippen LogP contribution in [0.5, 0.6) is 0 Å². The summed E-state index contributed by atoms with van der Waals surface area (Å²) in [6, 6.07) is 15.0. The number of anilines is 1. The maximum absolute atomic E-state index is 13.2. The zero-order valence-corrected chi connectivity index (χ0v) is 11.1. The van der Waals surface area contributed by atoms with E-state index in [1.54, 1.807) is 0 Å². The molecule has 0 amide bonds. The van der Waals surface area contributed by atoms with Crippen LogP contribution in [0, 0.1) is 5.82 Å². The third-order valence-electron chi connectivity index (χ3n) is 3.06. The lowest BCUT2D eigenvalue weighted by Gasteiger charge is -2.17. The van der Waals surface area contributed by atoms with Gasteiger partial charge in [0.15, 0.2) is 0 Å². The summed E-state index contributed by atoms with van der Waals surface area (Å²) < 4.78 is 13.2. The molecule has 0 heterocycles. The van der Waals surface area contributed by atoms with Crippen molar-refractivity contribution in [3.63, 3.8) is 0 Å². The normalized spacial score (nSPS) is 10.9. The summed E-state index contributed by atoms with van der Waals surface area (Å²) in [6.45, 7) is 1.63. The van der Waals surface area contributed by atoms with E-state index >= 15 is 0 Å². The Hall–Kier alpha value is -1.87. The lowest BCUT2D eigenvalue weighted by atomic mass is 10.1. The van der Waals surface area contributed by atoms with E-state index < -0.39 is 0 Å². The molecule has 0 unspecified atom stereocenters. The van der Waals surface area contributed by atoms with Crippen LogP contribution in [-0.2, 0) is 13.0 Å². The molecule has 0 saturated carbocycles. The molecule has 0 radical (unpaired) electrons. The SMILES string of the molecule is CN(CCc1ccccc1)Cc1cc(N)cc(F)c1. The maximum Gasteiger partial charge on any atom is 0.125 e. The molecule has 0 aromatic heterocycles. The molecule has 2 rings (SSSR count). The van der Waals surface area contributed by atoms with Crippen LogP contribution in [0.15, 0.2) is 48.5 Å². The Bertz CT molecular complexity index is 505. The second-order valence-corrected chi connectivity index (χ2v) is 4.87. The monoisotopic (exact) mass is 258 g/mol. The van der Waals surface area contributed by atoms with Gasteiger partial charge in [0.1, 0.15) is 5.82 Å². The molecule has 0 spiro atoms. The largest absolute Gasteiger partial charge is 0.399 e. The minimum Gasteiger partial charge on any atom is -0.399 e. The number of likely N-dealkylation sites (N-methyl/N-ethyl adjacent to an activating group) is 1. The van der Waals surface area contributed by atoms with Crippen LogP contribution >= 0.6 is 0 Å². The second kappa shape index (κ2) is 6.34. The van der Waals surface area contributed by atoms with Crippen molar-refractivity contribution in [2.24, 2.45) is 0 Å². The summed E-state index contributed by atoms with van der Waals surface area (Å²) in [6.07, 6.45) is 0.988. The topological polar surface area (TPSA) is 29.3 Å². The number of rotatable bonds is 5. The average Bonchev–Trinajstić information content (AvgIpc) is 2.36. The van der Waals surface area contributed by atoms with Crippen molar-refractivity contribution in [3.05, 3.63) is 65.5 Å². The maximum atomic E-state index is 13.2. The molecule has 0 atom stereocenters. The number of nitrogen functional groups attached to an aromatic ring is 1. The first-order chi connectivity index (χ1) is 9.13. The van der Waals surface area contributed by atoms with Gasteiger partial charge in [-0.05, 0) is 42.8 Å². The third kappa shape index (κ3) is 4.38. The lowest BCUT2D eigenvalue weighted by molar-refractivity contribution is 0.330. The van der Waals surface area contributed by atoms with E-state index in [0.29, 0.717) is 12.2 Å². The van der Waals surface area contributed by atoms with Gasteiger partial charge in [0, 0.05) is 18.8 Å². The van der Waals surface area contributed by atoms with Gasteiger partial charge in [-0.15, -0.1) is 0 Å². The minimum absolute atomic E-state index is 0.272. The van der Waals surface area contributed by atoms with Gasteiger partial charge in [0.05, 0.1) is 0 Å². The zero-order valence-electron chi connectivity index (χ0n) is 11.1. The van der Waals surface area contributed by atoms with Crippen LogP contribution in [0.25, 0.3) is 0 Å². The highest BCUT2D eigenvalue weighted by Gasteiger charge is 2.03. The molecule has 0 bridgehead atoms. The number of hydrogen-bond acceptors (Lipinski definition) is 2. The molecule has 0 aliphatic rings. The van der Waals surface area contributed by atoms with Crippen LogP contribution in [0.3, 0.4) is 0 Å². The summed E-state index contributed by atoms with van der Waals surface area (Å²) >= 11 is 0. The number of nitrogens with zero attached hydrogens (tertiary/aromatic N) is 1. The highest BCUT2D eigenvalue weighted by Crippen LogP contribution is 2.12. The summed E-state index contributed by atoms with van der Waals surface area (Å²) in [4.78, 5) is 2.17. The van der Waals surface area contributed by atoms with Gasteiger partial charge in [-0.2, -0.15) is 0 Å². The van der Waals surface area contributed by atoms with E-state index in [0.717, 1.165) is 18.5 Å². The van der Waals surface area contributed by atoms with Crippen LogP contribution in [0.1, 0.15) is 11.1 Å². The van der Waals surface area contributed by atoms with Crippen molar-refractivity contribution in [2.75, 3.05) is 19.3 Å². The van der Waals surface area contributed by atoms with E-state index in [1.165, 1.54) is 17.7 Å². The Morgan fingerprint density at radius 1 is 1.05 bits per heavy atom. The molecule has 2 nitrogen and oxygen atoms in total. The van der Waals surface area contributed by atoms with Crippen LogP contribution in [-0.4, -0.2) is 18.5 Å². The first-order valence-corrected chi connectivity index (χ1v) is 6.41. The fourth-order valence-corrected chi connectivity index (χ4v) is 2.12. The number of halogens is 1. The second-order valence-electron chi connectivity index (χ2n) is 4.87. The van der Waals surface area contributed by atoms with Crippen molar-refractivity contribution in [1.29, 1.82) is 0 Å². The average molecular weight is 258 g/mol. The highest BCUT2D eigenvalue weighted by atomic mass is 19.1. The Morgan fingerprint density at radius 3 is 2.47 bits per heavy atom. The molecule has 2 aromatic carbocycles. The predicted molar refractivity (Wildman–Crippen MR) is 77.3 cm³/mol. The van der Waals surface area contributed by atoms with Gasteiger partial charge in [-0.3, -0.25) is 0 Å². The Balaban J connectivity index is 1.89. The van der Waals surface area contributed by atoms with Crippen molar-refractivity contribution in [2.45, 2.75) is 13.0 Å². The van der Waals surface area contributed by atoms with Crippen LogP contribution in [0.2, 0.25) is 0 Å². The molecule has 19 heavy (non-hydrogen) atoms. The zero-order chi connectivity index (χ0) is 13.7. The van der Waals surface area contributed by atoms with Gasteiger partial charge in [-0.1, -0.05) is 30.3 Å². The van der Waals surface area contributed by atoms with E-state index in [4.69, 9.17) is 5.73 Å². The Labute approximate surface area is 113 Å². The van der Waals surface area contributed by atoms with Gasteiger partial charge in [0.2, 0.25) is 0 Å². The van der Waals surface area contributed by atoms with Crippen molar-refractivity contribution in [3.8, 4) is 0 Å². The molecular weight excluding hydrogens is 239 g/mol. The van der Waals surface area contributed by atoms with E-state index in [-0.39, 0.29) is 5.82 Å². The molecular formula is C16H19FN2. The van der Waals surface area contributed by atoms with Gasteiger partial charge in [0.25, 0.3) is 0 Å². The first-order valence-electron chi connectivity index (χ1n) is 6.41. The molecule has 0 aliphatic heterocycles. The summed E-state index contributed by atoms with van der Waals surface area (Å²) in [5, 5.41) is 0. The fourth-order valence-electron chi connectivity index (χ4n) is 2.12.